The highest BCUT2D eigenvalue weighted by atomic mass is 16.5. The highest BCUT2D eigenvalue weighted by Crippen LogP contribution is 2.17. The zero-order chi connectivity index (χ0) is 13.1. The van der Waals surface area contributed by atoms with Crippen LogP contribution >= 0.6 is 0 Å². The van der Waals surface area contributed by atoms with Gasteiger partial charge in [-0.1, -0.05) is 26.0 Å². The highest BCUT2D eigenvalue weighted by molar-refractivity contribution is 5.76. The number of methoxy groups -OCH3 is 1. The molecule has 1 aromatic rings. The van der Waals surface area contributed by atoms with Crippen LogP contribution in [-0.2, 0) is 6.54 Å². The molecule has 1 heterocycles. The van der Waals surface area contributed by atoms with E-state index >= 15 is 0 Å². The minimum Gasteiger partial charge on any atom is -0.497 e. The Morgan fingerprint density at radius 3 is 2.56 bits per heavy atom. The number of carbonyl (C=O) groups is 1. The molecule has 18 heavy (non-hydrogen) atoms. The van der Waals surface area contributed by atoms with E-state index < -0.39 is 0 Å². The van der Waals surface area contributed by atoms with Crippen LogP contribution in [0.4, 0.5) is 4.79 Å². The van der Waals surface area contributed by atoms with Crippen molar-refractivity contribution < 1.29 is 9.53 Å². The summed E-state index contributed by atoms with van der Waals surface area (Å²) in [5, 5.41) is 3.01. The molecule has 0 aliphatic carbocycles. The quantitative estimate of drug-likeness (QED) is 0.888. The lowest BCUT2D eigenvalue weighted by molar-refractivity contribution is 0.215. The van der Waals surface area contributed by atoms with Gasteiger partial charge in [0.2, 0.25) is 0 Å². The number of ether oxygens (including phenoxy) is 1. The molecule has 98 valence electrons. The molecular formula is C14H20N2O2. The lowest BCUT2D eigenvalue weighted by atomic mass is 10.1. The molecule has 1 saturated heterocycles. The van der Waals surface area contributed by atoms with Crippen LogP contribution < -0.4 is 10.1 Å². The molecule has 1 aliphatic rings. The van der Waals surface area contributed by atoms with Crippen molar-refractivity contribution in [2.45, 2.75) is 26.4 Å². The largest absolute Gasteiger partial charge is 0.497 e. The van der Waals surface area contributed by atoms with E-state index in [1.54, 1.807) is 7.11 Å². The standard InChI is InChI=1S/C14H20N2O2/c1-10(2)13-9-16(14(17)15-13)8-11-4-6-12(18-3)7-5-11/h4-7,10,13H,8-9H2,1-3H3,(H,15,17)/t13-/m1/s1. The number of benzene rings is 1. The number of nitrogens with one attached hydrogen (secondary N) is 1. The fourth-order valence-corrected chi connectivity index (χ4v) is 2.08. The maximum atomic E-state index is 11.8. The van der Waals surface area contributed by atoms with E-state index in [1.807, 2.05) is 29.2 Å². The predicted octanol–water partition coefficient (Wildman–Crippen LogP) is 2.25. The van der Waals surface area contributed by atoms with Gasteiger partial charge in [-0.15, -0.1) is 0 Å². The Morgan fingerprint density at radius 2 is 2.06 bits per heavy atom. The number of carbonyl (C=O) groups excluding carboxylic acids is 1. The van der Waals surface area contributed by atoms with Gasteiger partial charge in [-0.25, -0.2) is 4.79 Å². The second-order valence-electron chi connectivity index (χ2n) is 5.03. The van der Waals surface area contributed by atoms with Gasteiger partial charge in [0.05, 0.1) is 13.2 Å². The average Bonchev–Trinajstić information content (AvgIpc) is 2.72. The fraction of sp³-hybridized carbons (Fsp3) is 0.500. The Kier molecular flexibility index (Phi) is 3.75. The number of amides is 2. The average molecular weight is 248 g/mol. The topological polar surface area (TPSA) is 41.6 Å². The van der Waals surface area contributed by atoms with Crippen LogP contribution in [-0.4, -0.2) is 30.6 Å². The summed E-state index contributed by atoms with van der Waals surface area (Å²) >= 11 is 0. The van der Waals surface area contributed by atoms with Gasteiger partial charge >= 0.3 is 6.03 Å². The van der Waals surface area contributed by atoms with Crippen molar-refractivity contribution >= 4 is 6.03 Å². The normalized spacial score (nSPS) is 19.2. The molecule has 2 amide bonds. The molecule has 0 bridgehead atoms. The van der Waals surface area contributed by atoms with Crippen LogP contribution in [0.15, 0.2) is 24.3 Å². The summed E-state index contributed by atoms with van der Waals surface area (Å²) in [6, 6.07) is 8.12. The number of urea groups is 1. The third-order valence-corrected chi connectivity index (χ3v) is 3.35. The van der Waals surface area contributed by atoms with Gasteiger partial charge < -0.3 is 15.0 Å². The van der Waals surface area contributed by atoms with Crippen LogP contribution in [0, 0.1) is 5.92 Å². The van der Waals surface area contributed by atoms with E-state index in [0.717, 1.165) is 17.9 Å². The number of rotatable bonds is 4. The molecule has 4 heteroatoms. The minimum absolute atomic E-state index is 0.0320. The second kappa shape index (κ2) is 5.29. The summed E-state index contributed by atoms with van der Waals surface area (Å²) in [4.78, 5) is 13.7. The van der Waals surface area contributed by atoms with Gasteiger partial charge in [0.25, 0.3) is 0 Å². The monoisotopic (exact) mass is 248 g/mol. The molecule has 0 spiro atoms. The molecule has 0 unspecified atom stereocenters. The van der Waals surface area contributed by atoms with Crippen molar-refractivity contribution in [2.75, 3.05) is 13.7 Å². The molecule has 1 N–H and O–H groups in total. The van der Waals surface area contributed by atoms with E-state index in [9.17, 15) is 4.79 Å². The Hall–Kier alpha value is -1.71. The predicted molar refractivity (Wildman–Crippen MR) is 70.6 cm³/mol. The zero-order valence-electron chi connectivity index (χ0n) is 11.1. The Balaban J connectivity index is 1.98. The SMILES string of the molecule is COc1ccc(CN2C[C@H](C(C)C)NC2=O)cc1. The van der Waals surface area contributed by atoms with Crippen molar-refractivity contribution in [2.24, 2.45) is 5.92 Å². The van der Waals surface area contributed by atoms with Crippen molar-refractivity contribution in [1.82, 2.24) is 10.2 Å². The Morgan fingerprint density at radius 1 is 1.39 bits per heavy atom. The highest BCUT2D eigenvalue weighted by Gasteiger charge is 2.30. The molecular weight excluding hydrogens is 228 g/mol. The molecule has 0 aromatic heterocycles. The van der Waals surface area contributed by atoms with Gasteiger partial charge in [-0.05, 0) is 23.6 Å². The Bertz CT molecular complexity index is 414. The third-order valence-electron chi connectivity index (χ3n) is 3.35. The van der Waals surface area contributed by atoms with Gasteiger partial charge in [-0.3, -0.25) is 0 Å². The molecule has 1 fully saturated rings. The molecule has 0 radical (unpaired) electrons. The molecule has 0 saturated carbocycles. The summed E-state index contributed by atoms with van der Waals surface area (Å²) < 4.78 is 5.12. The minimum atomic E-state index is 0.0320. The first-order chi connectivity index (χ1) is 8.60. The van der Waals surface area contributed by atoms with E-state index in [2.05, 4.69) is 19.2 Å². The van der Waals surface area contributed by atoms with Gasteiger partial charge in [0.1, 0.15) is 5.75 Å². The summed E-state index contributed by atoms with van der Waals surface area (Å²) in [6.07, 6.45) is 0. The summed E-state index contributed by atoms with van der Waals surface area (Å²) in [5.41, 5.74) is 1.12. The number of nitrogens with zero attached hydrogens (tertiary/aromatic N) is 1. The second-order valence-corrected chi connectivity index (χ2v) is 5.03. The van der Waals surface area contributed by atoms with Crippen LogP contribution in [0.1, 0.15) is 19.4 Å². The van der Waals surface area contributed by atoms with E-state index in [0.29, 0.717) is 12.5 Å². The molecule has 4 nitrogen and oxygen atoms in total. The summed E-state index contributed by atoms with van der Waals surface area (Å²) in [7, 11) is 1.65. The maximum absolute atomic E-state index is 11.8. The molecule has 1 atom stereocenters. The fourth-order valence-electron chi connectivity index (χ4n) is 2.08. The first kappa shape index (κ1) is 12.7. The Labute approximate surface area is 108 Å². The van der Waals surface area contributed by atoms with Gasteiger partial charge in [0.15, 0.2) is 0 Å². The van der Waals surface area contributed by atoms with E-state index in [4.69, 9.17) is 4.74 Å². The van der Waals surface area contributed by atoms with E-state index in [1.165, 1.54) is 0 Å². The molecule has 1 aliphatic heterocycles. The summed E-state index contributed by atoms with van der Waals surface area (Å²) in [5.74, 6) is 1.31. The van der Waals surface area contributed by atoms with Crippen LogP contribution in [0.25, 0.3) is 0 Å². The number of hydrogen-bond acceptors (Lipinski definition) is 2. The lowest BCUT2D eigenvalue weighted by Gasteiger charge is -2.16. The van der Waals surface area contributed by atoms with Crippen molar-refractivity contribution in [3.05, 3.63) is 29.8 Å². The van der Waals surface area contributed by atoms with Crippen molar-refractivity contribution in [1.29, 1.82) is 0 Å². The number of hydrogen-bond donors (Lipinski definition) is 1. The third kappa shape index (κ3) is 2.75. The van der Waals surface area contributed by atoms with Crippen LogP contribution in [0.5, 0.6) is 5.75 Å². The van der Waals surface area contributed by atoms with E-state index in [-0.39, 0.29) is 12.1 Å². The molecule has 2 rings (SSSR count). The van der Waals surface area contributed by atoms with Crippen molar-refractivity contribution in [3.63, 3.8) is 0 Å². The molecule has 1 aromatic carbocycles. The first-order valence-corrected chi connectivity index (χ1v) is 6.28. The van der Waals surface area contributed by atoms with Crippen LogP contribution in [0.3, 0.4) is 0 Å². The smallest absolute Gasteiger partial charge is 0.318 e. The maximum Gasteiger partial charge on any atom is 0.318 e. The lowest BCUT2D eigenvalue weighted by Crippen LogP contribution is -2.31. The van der Waals surface area contributed by atoms with Gasteiger partial charge in [-0.2, -0.15) is 0 Å². The van der Waals surface area contributed by atoms with Crippen molar-refractivity contribution in [3.8, 4) is 5.75 Å². The van der Waals surface area contributed by atoms with Crippen LogP contribution in [0.2, 0.25) is 0 Å². The van der Waals surface area contributed by atoms with Gasteiger partial charge in [0, 0.05) is 13.1 Å². The zero-order valence-corrected chi connectivity index (χ0v) is 11.1. The first-order valence-electron chi connectivity index (χ1n) is 6.28. The summed E-state index contributed by atoms with van der Waals surface area (Å²) in [6.45, 7) is 5.69.